The third kappa shape index (κ3) is 3.95. The van der Waals surface area contributed by atoms with Crippen LogP contribution in [0.5, 0.6) is 0 Å². The molecular formula is C7H15NO3. The van der Waals surface area contributed by atoms with Gasteiger partial charge >= 0.3 is 5.97 Å². The molecule has 4 nitrogen and oxygen atoms in total. The van der Waals surface area contributed by atoms with Crippen LogP contribution in [-0.2, 0) is 9.63 Å². The highest BCUT2D eigenvalue weighted by molar-refractivity contribution is 5.74. The zero-order valence-electron chi connectivity index (χ0n) is 7.42. The van der Waals surface area contributed by atoms with Crippen LogP contribution in [0.1, 0.15) is 27.7 Å². The van der Waals surface area contributed by atoms with Gasteiger partial charge in [0, 0.05) is 0 Å². The van der Waals surface area contributed by atoms with Crippen LogP contribution in [-0.4, -0.2) is 22.9 Å². The third-order valence-corrected chi connectivity index (χ3v) is 1.07. The summed E-state index contributed by atoms with van der Waals surface area (Å²) in [5, 5.41) is 9.30. The van der Waals surface area contributed by atoms with Crippen molar-refractivity contribution < 1.29 is 14.8 Å². The Morgan fingerprint density at radius 3 is 2.27 bits per heavy atom. The molecule has 0 fully saturated rings. The van der Waals surface area contributed by atoms with Gasteiger partial charge in [-0.3, -0.25) is 5.21 Å². The van der Waals surface area contributed by atoms with Crippen molar-refractivity contribution in [2.45, 2.75) is 27.7 Å². The lowest BCUT2D eigenvalue weighted by atomic mass is 9.98. The highest BCUT2D eigenvalue weighted by Gasteiger charge is 2.24. The average molecular weight is 161 g/mol. The van der Waals surface area contributed by atoms with Gasteiger partial charge in [-0.2, -0.15) is 0 Å². The normalized spacial score (nSPS) is 11.8. The maximum Gasteiger partial charge on any atom is 0.333 e. The van der Waals surface area contributed by atoms with Gasteiger partial charge in [0.2, 0.25) is 0 Å². The number of carbonyl (C=O) groups is 1. The minimum atomic E-state index is -0.573. The first-order valence-corrected chi connectivity index (χ1v) is 3.56. The smallest absolute Gasteiger partial charge is 0.333 e. The van der Waals surface area contributed by atoms with Gasteiger partial charge in [-0.1, -0.05) is 0 Å². The lowest BCUT2D eigenvalue weighted by molar-refractivity contribution is -0.319. The summed E-state index contributed by atoms with van der Waals surface area (Å²) < 4.78 is 0. The summed E-state index contributed by atoms with van der Waals surface area (Å²) >= 11 is 0. The first kappa shape index (κ1) is 10.4. The lowest BCUT2D eigenvalue weighted by Crippen LogP contribution is -2.31. The Kier molecular flexibility index (Phi) is 3.48. The van der Waals surface area contributed by atoms with Gasteiger partial charge in [0.15, 0.2) is 0 Å². The van der Waals surface area contributed by atoms with E-state index in [1.54, 1.807) is 27.7 Å². The van der Waals surface area contributed by atoms with E-state index in [1.165, 1.54) is 0 Å². The first-order valence-electron chi connectivity index (χ1n) is 3.56. The molecule has 0 heterocycles. The van der Waals surface area contributed by atoms with Crippen molar-refractivity contribution in [3.05, 3.63) is 0 Å². The second kappa shape index (κ2) is 3.69. The zero-order chi connectivity index (χ0) is 9.07. The molecular weight excluding hydrogens is 146 g/mol. The molecule has 0 saturated carbocycles. The van der Waals surface area contributed by atoms with Crippen molar-refractivity contribution in [3.8, 4) is 0 Å². The maximum atomic E-state index is 11.0. The number of hydroxylamine groups is 2. The van der Waals surface area contributed by atoms with Crippen molar-refractivity contribution in [1.82, 2.24) is 5.23 Å². The fourth-order valence-corrected chi connectivity index (χ4v) is 0.297. The van der Waals surface area contributed by atoms with Crippen LogP contribution >= 0.6 is 0 Å². The number of carbonyl (C=O) groups excluding carboxylic acids is 1. The van der Waals surface area contributed by atoms with Gasteiger partial charge in [0.1, 0.15) is 0 Å². The van der Waals surface area contributed by atoms with Gasteiger partial charge < -0.3 is 4.84 Å². The Bertz CT molecular complexity index is 139. The minimum Gasteiger partial charge on any atom is -0.342 e. The molecule has 11 heavy (non-hydrogen) atoms. The Balaban J connectivity index is 3.88. The fourth-order valence-electron chi connectivity index (χ4n) is 0.297. The molecule has 0 aliphatic heterocycles. The summed E-state index contributed by atoms with van der Waals surface area (Å²) in [6.07, 6.45) is 0. The summed E-state index contributed by atoms with van der Waals surface area (Å²) in [5.41, 5.74) is -0.573. The number of hydrogen-bond acceptors (Lipinski definition) is 4. The summed E-state index contributed by atoms with van der Waals surface area (Å²) in [5.74, 6) is -0.443. The second-order valence-electron chi connectivity index (χ2n) is 3.30. The second-order valence-corrected chi connectivity index (χ2v) is 3.30. The largest absolute Gasteiger partial charge is 0.342 e. The van der Waals surface area contributed by atoms with Gasteiger partial charge in [0.25, 0.3) is 0 Å². The molecule has 66 valence electrons. The lowest BCUT2D eigenvalue weighted by Gasteiger charge is -2.19. The quantitative estimate of drug-likeness (QED) is 0.618. The molecule has 0 amide bonds. The zero-order valence-corrected chi connectivity index (χ0v) is 7.42. The van der Waals surface area contributed by atoms with Crippen molar-refractivity contribution >= 4 is 5.97 Å². The van der Waals surface area contributed by atoms with Crippen LogP contribution in [0.25, 0.3) is 0 Å². The number of nitrogens with zero attached hydrogens (tertiary/aromatic N) is 1. The molecule has 0 aliphatic rings. The molecule has 0 unspecified atom stereocenters. The SMILES string of the molecule is CCN(O)OC(=O)C(C)(C)C. The molecule has 0 rings (SSSR count). The van der Waals surface area contributed by atoms with Crippen LogP contribution in [0.4, 0.5) is 0 Å². The van der Waals surface area contributed by atoms with Crippen molar-refractivity contribution in [2.75, 3.05) is 6.54 Å². The van der Waals surface area contributed by atoms with E-state index in [4.69, 9.17) is 5.21 Å². The summed E-state index contributed by atoms with van der Waals surface area (Å²) in [4.78, 5) is 15.5. The van der Waals surface area contributed by atoms with Crippen LogP contribution in [0.3, 0.4) is 0 Å². The number of rotatable bonds is 2. The molecule has 0 aromatic heterocycles. The van der Waals surface area contributed by atoms with Crippen LogP contribution < -0.4 is 0 Å². The van der Waals surface area contributed by atoms with E-state index in [1.807, 2.05) is 0 Å². The topological polar surface area (TPSA) is 49.8 Å². The molecule has 0 aliphatic carbocycles. The third-order valence-electron chi connectivity index (χ3n) is 1.07. The van der Waals surface area contributed by atoms with Gasteiger partial charge in [-0.15, -0.1) is 0 Å². The molecule has 0 aromatic rings. The van der Waals surface area contributed by atoms with Gasteiger partial charge in [0.05, 0.1) is 12.0 Å². The highest BCUT2D eigenvalue weighted by atomic mass is 16.9. The van der Waals surface area contributed by atoms with Crippen LogP contribution in [0.2, 0.25) is 0 Å². The minimum absolute atomic E-state index is 0.266. The molecule has 0 radical (unpaired) electrons. The standard InChI is InChI=1S/C7H15NO3/c1-5-8(10)11-6(9)7(2,3)4/h10H,5H2,1-4H3. The van der Waals surface area contributed by atoms with Crippen LogP contribution in [0.15, 0.2) is 0 Å². The Morgan fingerprint density at radius 2 is 2.00 bits per heavy atom. The van der Waals surface area contributed by atoms with E-state index in [0.29, 0.717) is 5.23 Å². The van der Waals surface area contributed by atoms with Crippen LogP contribution in [0, 0.1) is 5.41 Å². The van der Waals surface area contributed by atoms with E-state index in [0.717, 1.165) is 0 Å². The fraction of sp³-hybridized carbons (Fsp3) is 0.857. The molecule has 0 bridgehead atoms. The van der Waals surface area contributed by atoms with Crippen molar-refractivity contribution in [1.29, 1.82) is 0 Å². The molecule has 0 saturated heterocycles. The first-order chi connectivity index (χ1) is 4.88. The summed E-state index contributed by atoms with van der Waals surface area (Å²) in [7, 11) is 0. The molecule has 1 N–H and O–H groups in total. The molecule has 0 spiro atoms. The van der Waals surface area contributed by atoms with E-state index in [-0.39, 0.29) is 6.54 Å². The Hall–Kier alpha value is -0.610. The monoisotopic (exact) mass is 161 g/mol. The average Bonchev–Trinajstić information content (AvgIpc) is 1.85. The Labute approximate surface area is 66.7 Å². The van der Waals surface area contributed by atoms with E-state index < -0.39 is 11.4 Å². The van der Waals surface area contributed by atoms with E-state index in [2.05, 4.69) is 4.84 Å². The van der Waals surface area contributed by atoms with Crippen molar-refractivity contribution in [3.63, 3.8) is 0 Å². The molecule has 0 atom stereocenters. The highest BCUT2D eigenvalue weighted by Crippen LogP contribution is 2.15. The summed E-state index contributed by atoms with van der Waals surface area (Å²) in [6.45, 7) is 7.11. The van der Waals surface area contributed by atoms with Crippen molar-refractivity contribution in [2.24, 2.45) is 5.41 Å². The molecule has 4 heteroatoms. The molecule has 0 aromatic carbocycles. The number of hydrogen-bond donors (Lipinski definition) is 1. The summed E-state index contributed by atoms with van der Waals surface area (Å²) in [6, 6.07) is 0. The predicted molar refractivity (Wildman–Crippen MR) is 39.7 cm³/mol. The van der Waals surface area contributed by atoms with E-state index in [9.17, 15) is 4.79 Å². The van der Waals surface area contributed by atoms with Gasteiger partial charge in [-0.25, -0.2) is 4.79 Å². The predicted octanol–water partition coefficient (Wildman–Crippen LogP) is 1.20. The Morgan fingerprint density at radius 1 is 1.55 bits per heavy atom. The van der Waals surface area contributed by atoms with E-state index >= 15 is 0 Å². The maximum absolute atomic E-state index is 11.0. The van der Waals surface area contributed by atoms with Gasteiger partial charge in [-0.05, 0) is 32.9 Å².